The number of aromatic nitrogens is 4. The number of aliphatic hydroxyl groups excluding tert-OH is 1. The van der Waals surface area contributed by atoms with E-state index in [9.17, 15) is 5.11 Å². The fourth-order valence-corrected chi connectivity index (χ4v) is 1.89. The van der Waals surface area contributed by atoms with Gasteiger partial charge in [0.25, 0.3) is 0 Å². The van der Waals surface area contributed by atoms with Gasteiger partial charge in [-0.1, -0.05) is 11.4 Å². The van der Waals surface area contributed by atoms with Crippen LogP contribution >= 0.6 is 11.5 Å². The van der Waals surface area contributed by atoms with E-state index in [1.165, 1.54) is 11.5 Å². The van der Waals surface area contributed by atoms with Crippen molar-refractivity contribution in [1.29, 1.82) is 0 Å². The SMILES string of the molecule is CCCn1nccc1C(O)c1csnn1. The maximum absolute atomic E-state index is 10.0. The van der Waals surface area contributed by atoms with Gasteiger partial charge in [-0.2, -0.15) is 5.10 Å². The Kier molecular flexibility index (Phi) is 3.08. The maximum atomic E-state index is 10.0. The van der Waals surface area contributed by atoms with E-state index in [1.807, 2.05) is 0 Å². The van der Waals surface area contributed by atoms with Gasteiger partial charge in [0.1, 0.15) is 11.8 Å². The molecule has 2 rings (SSSR count). The Morgan fingerprint density at radius 2 is 2.47 bits per heavy atom. The predicted molar refractivity (Wildman–Crippen MR) is 56.5 cm³/mol. The van der Waals surface area contributed by atoms with E-state index in [1.54, 1.807) is 22.3 Å². The summed E-state index contributed by atoms with van der Waals surface area (Å²) in [7, 11) is 0. The third-order valence-electron chi connectivity index (χ3n) is 2.12. The molecule has 80 valence electrons. The minimum absolute atomic E-state index is 0.581. The lowest BCUT2D eigenvalue weighted by Crippen LogP contribution is -2.10. The van der Waals surface area contributed by atoms with Crippen molar-refractivity contribution in [2.75, 3.05) is 0 Å². The predicted octanol–water partition coefficient (Wildman–Crippen LogP) is 1.23. The second-order valence-corrected chi connectivity index (χ2v) is 3.82. The Bertz CT molecular complexity index is 411. The number of hydrogen-bond donors (Lipinski definition) is 1. The molecule has 1 unspecified atom stereocenters. The van der Waals surface area contributed by atoms with Crippen LogP contribution in [-0.2, 0) is 6.54 Å². The summed E-state index contributed by atoms with van der Waals surface area (Å²) >= 11 is 1.23. The molecule has 2 heterocycles. The van der Waals surface area contributed by atoms with Gasteiger partial charge < -0.3 is 5.11 Å². The second-order valence-electron chi connectivity index (χ2n) is 3.21. The first-order valence-electron chi connectivity index (χ1n) is 4.79. The van der Waals surface area contributed by atoms with E-state index >= 15 is 0 Å². The number of nitrogens with zero attached hydrogens (tertiary/aromatic N) is 4. The van der Waals surface area contributed by atoms with Gasteiger partial charge in [0.15, 0.2) is 0 Å². The third kappa shape index (κ3) is 2.05. The molecule has 2 aromatic rings. The van der Waals surface area contributed by atoms with Gasteiger partial charge in [0.2, 0.25) is 0 Å². The summed E-state index contributed by atoms with van der Waals surface area (Å²) in [6.07, 6.45) is 1.95. The van der Waals surface area contributed by atoms with Gasteiger partial charge in [-0.3, -0.25) is 4.68 Å². The zero-order valence-corrected chi connectivity index (χ0v) is 9.18. The van der Waals surface area contributed by atoms with E-state index in [4.69, 9.17) is 0 Å². The van der Waals surface area contributed by atoms with Crippen molar-refractivity contribution in [3.05, 3.63) is 29.0 Å². The Balaban J connectivity index is 2.25. The Morgan fingerprint density at radius 3 is 3.13 bits per heavy atom. The number of aliphatic hydroxyl groups is 1. The lowest BCUT2D eigenvalue weighted by Gasteiger charge is -2.09. The molecule has 5 nitrogen and oxygen atoms in total. The highest BCUT2D eigenvalue weighted by atomic mass is 32.1. The number of rotatable bonds is 4. The molecule has 1 atom stereocenters. The standard InChI is InChI=1S/C9H12N4OS/c1-2-5-13-8(3-4-10-13)9(14)7-6-15-12-11-7/h3-4,6,9,14H,2,5H2,1H3. The third-order valence-corrected chi connectivity index (χ3v) is 2.64. The monoisotopic (exact) mass is 224 g/mol. The van der Waals surface area contributed by atoms with E-state index in [2.05, 4.69) is 21.6 Å². The molecular weight excluding hydrogens is 212 g/mol. The lowest BCUT2D eigenvalue weighted by molar-refractivity contribution is 0.202. The summed E-state index contributed by atoms with van der Waals surface area (Å²) in [6.45, 7) is 2.87. The van der Waals surface area contributed by atoms with E-state index in [-0.39, 0.29) is 0 Å². The molecule has 0 saturated heterocycles. The molecule has 0 aliphatic rings. The molecule has 0 radical (unpaired) electrons. The molecule has 0 spiro atoms. The number of hydrogen-bond acceptors (Lipinski definition) is 5. The number of aryl methyl sites for hydroxylation is 1. The summed E-state index contributed by atoms with van der Waals surface area (Å²) in [5.41, 5.74) is 1.35. The summed E-state index contributed by atoms with van der Waals surface area (Å²) < 4.78 is 5.53. The molecule has 0 bridgehead atoms. The minimum Gasteiger partial charge on any atom is -0.380 e. The van der Waals surface area contributed by atoms with Crippen molar-refractivity contribution in [3.8, 4) is 0 Å². The van der Waals surface area contributed by atoms with Gasteiger partial charge in [0, 0.05) is 18.1 Å². The largest absolute Gasteiger partial charge is 0.380 e. The Morgan fingerprint density at radius 1 is 1.60 bits per heavy atom. The van der Waals surface area contributed by atoms with Crippen LogP contribution in [0.25, 0.3) is 0 Å². The highest BCUT2D eigenvalue weighted by Crippen LogP contribution is 2.20. The topological polar surface area (TPSA) is 63.8 Å². The molecular formula is C9H12N4OS. The highest BCUT2D eigenvalue weighted by molar-refractivity contribution is 7.03. The van der Waals surface area contributed by atoms with Gasteiger partial charge in [-0.15, -0.1) is 5.10 Å². The molecule has 0 aromatic carbocycles. The van der Waals surface area contributed by atoms with Crippen LogP contribution in [0.15, 0.2) is 17.6 Å². The summed E-state index contributed by atoms with van der Waals surface area (Å²) in [5, 5.41) is 19.8. The van der Waals surface area contributed by atoms with Crippen LogP contribution in [0.5, 0.6) is 0 Å². The van der Waals surface area contributed by atoms with Crippen LogP contribution in [0.4, 0.5) is 0 Å². The molecule has 0 aliphatic carbocycles. The van der Waals surface area contributed by atoms with Crippen molar-refractivity contribution in [2.45, 2.75) is 26.0 Å². The molecule has 6 heteroatoms. The fourth-order valence-electron chi connectivity index (χ4n) is 1.42. The van der Waals surface area contributed by atoms with Gasteiger partial charge >= 0.3 is 0 Å². The average molecular weight is 224 g/mol. The highest BCUT2D eigenvalue weighted by Gasteiger charge is 2.17. The average Bonchev–Trinajstić information content (AvgIpc) is 2.87. The first-order valence-corrected chi connectivity index (χ1v) is 5.63. The van der Waals surface area contributed by atoms with Crippen molar-refractivity contribution in [2.24, 2.45) is 0 Å². The van der Waals surface area contributed by atoms with E-state index < -0.39 is 6.10 Å². The maximum Gasteiger partial charge on any atom is 0.140 e. The molecule has 0 fully saturated rings. The molecule has 0 aliphatic heterocycles. The van der Waals surface area contributed by atoms with Crippen molar-refractivity contribution in [3.63, 3.8) is 0 Å². The molecule has 2 aromatic heterocycles. The minimum atomic E-state index is -0.724. The van der Waals surface area contributed by atoms with Crippen molar-refractivity contribution in [1.82, 2.24) is 19.4 Å². The molecule has 0 amide bonds. The summed E-state index contributed by atoms with van der Waals surface area (Å²) in [6, 6.07) is 1.81. The smallest absolute Gasteiger partial charge is 0.140 e. The normalized spacial score (nSPS) is 12.9. The molecule has 15 heavy (non-hydrogen) atoms. The lowest BCUT2D eigenvalue weighted by atomic mass is 10.2. The first-order chi connectivity index (χ1) is 7.33. The van der Waals surface area contributed by atoms with Crippen molar-refractivity contribution < 1.29 is 5.11 Å². The second kappa shape index (κ2) is 4.50. The van der Waals surface area contributed by atoms with Crippen LogP contribution in [0.3, 0.4) is 0 Å². The van der Waals surface area contributed by atoms with Crippen LogP contribution in [0.1, 0.15) is 30.8 Å². The van der Waals surface area contributed by atoms with Crippen molar-refractivity contribution >= 4 is 11.5 Å². The molecule has 0 saturated carbocycles. The zero-order valence-electron chi connectivity index (χ0n) is 8.37. The van der Waals surface area contributed by atoms with Crippen LogP contribution in [-0.4, -0.2) is 24.5 Å². The van der Waals surface area contributed by atoms with E-state index in [0.717, 1.165) is 18.7 Å². The van der Waals surface area contributed by atoms with Crippen LogP contribution < -0.4 is 0 Å². The van der Waals surface area contributed by atoms with Crippen LogP contribution in [0.2, 0.25) is 0 Å². The molecule has 1 N–H and O–H groups in total. The fraction of sp³-hybridized carbons (Fsp3) is 0.444. The Labute approximate surface area is 91.5 Å². The Hall–Kier alpha value is -1.27. The van der Waals surface area contributed by atoms with Crippen LogP contribution in [0, 0.1) is 0 Å². The first kappa shape index (κ1) is 10.3. The zero-order chi connectivity index (χ0) is 10.7. The quantitative estimate of drug-likeness (QED) is 0.848. The van der Waals surface area contributed by atoms with Gasteiger partial charge in [0.05, 0.1) is 5.69 Å². The van der Waals surface area contributed by atoms with E-state index in [0.29, 0.717) is 5.69 Å². The van der Waals surface area contributed by atoms with Gasteiger partial charge in [-0.05, 0) is 24.0 Å². The summed E-state index contributed by atoms with van der Waals surface area (Å²) in [5.74, 6) is 0. The van der Waals surface area contributed by atoms with Gasteiger partial charge in [-0.25, -0.2) is 0 Å². The summed E-state index contributed by atoms with van der Waals surface area (Å²) in [4.78, 5) is 0.